The van der Waals surface area contributed by atoms with Gasteiger partial charge in [0.1, 0.15) is 5.84 Å². The van der Waals surface area contributed by atoms with Crippen LogP contribution in [0.4, 0.5) is 0 Å². The fourth-order valence-electron chi connectivity index (χ4n) is 3.80. The molecule has 0 saturated heterocycles. The zero-order valence-electron chi connectivity index (χ0n) is 17.7. The summed E-state index contributed by atoms with van der Waals surface area (Å²) < 4.78 is 0. The third-order valence-electron chi connectivity index (χ3n) is 5.42. The Morgan fingerprint density at radius 3 is 2.39 bits per heavy atom. The Balaban J connectivity index is 2.42. The Kier molecular flexibility index (Phi) is 8.02. The first-order valence-electron chi connectivity index (χ1n) is 9.85. The highest BCUT2D eigenvalue weighted by Crippen LogP contribution is 2.28. The van der Waals surface area contributed by atoms with Crippen LogP contribution in [0.3, 0.4) is 0 Å². The van der Waals surface area contributed by atoms with Crippen molar-refractivity contribution >= 4 is 28.3 Å². The van der Waals surface area contributed by atoms with Crippen LogP contribution >= 0.6 is 11.6 Å². The lowest BCUT2D eigenvalue weighted by molar-refractivity contribution is 0.108. The molecule has 0 bridgehead atoms. The number of carbonyl (C=O) groups is 1. The van der Waals surface area contributed by atoms with Crippen molar-refractivity contribution in [1.82, 2.24) is 10.2 Å². The Hall–Kier alpha value is -1.91. The largest absolute Gasteiger partial charge is 0.347 e. The number of carbonyl (C=O) groups excluding carboxylic acids is 1. The molecule has 0 radical (unpaired) electrons. The van der Waals surface area contributed by atoms with E-state index in [1.807, 2.05) is 19.1 Å². The summed E-state index contributed by atoms with van der Waals surface area (Å²) in [4.78, 5) is 19.1. The van der Waals surface area contributed by atoms with Gasteiger partial charge in [-0.2, -0.15) is 0 Å². The molecular formula is C23H32ClN3O. The van der Waals surface area contributed by atoms with Gasteiger partial charge in [-0.1, -0.05) is 18.2 Å². The van der Waals surface area contributed by atoms with Gasteiger partial charge in [-0.25, -0.2) is 0 Å². The third kappa shape index (κ3) is 5.55. The van der Waals surface area contributed by atoms with Gasteiger partial charge in [-0.3, -0.25) is 9.79 Å². The highest BCUT2D eigenvalue weighted by Gasteiger charge is 2.23. The molecule has 0 unspecified atom stereocenters. The first kappa shape index (κ1) is 22.4. The summed E-state index contributed by atoms with van der Waals surface area (Å²) in [5.74, 6) is 0.811. The van der Waals surface area contributed by atoms with Gasteiger partial charge in [0.15, 0.2) is 0 Å². The molecule has 1 aromatic rings. The molecule has 0 atom stereocenters. The van der Waals surface area contributed by atoms with Crippen molar-refractivity contribution in [2.45, 2.75) is 58.5 Å². The van der Waals surface area contributed by atoms with E-state index in [1.54, 1.807) is 12.3 Å². The first-order chi connectivity index (χ1) is 13.2. The molecule has 0 aromatic heterocycles. The van der Waals surface area contributed by atoms with Gasteiger partial charge in [-0.05, 0) is 102 Å². The summed E-state index contributed by atoms with van der Waals surface area (Å²) in [6.45, 7) is 10.00. The van der Waals surface area contributed by atoms with Crippen LogP contribution in [0, 0.1) is 6.92 Å². The second kappa shape index (κ2) is 10.0. The number of aliphatic imine (C=N–C) groups is 1. The van der Waals surface area contributed by atoms with Gasteiger partial charge in [0.2, 0.25) is 0 Å². The van der Waals surface area contributed by atoms with E-state index < -0.39 is 5.24 Å². The Morgan fingerprint density at radius 1 is 1.25 bits per heavy atom. The number of hydrogen-bond donors (Lipinski definition) is 1. The van der Waals surface area contributed by atoms with Gasteiger partial charge >= 0.3 is 0 Å². The zero-order chi connectivity index (χ0) is 20.8. The summed E-state index contributed by atoms with van der Waals surface area (Å²) in [6.07, 6.45) is 6.11. The molecule has 2 rings (SSSR count). The number of aryl methyl sites for hydroxylation is 1. The van der Waals surface area contributed by atoms with E-state index >= 15 is 0 Å². The molecule has 1 fully saturated rings. The molecule has 1 N–H and O–H groups in total. The minimum atomic E-state index is -0.452. The molecule has 0 amide bonds. The highest BCUT2D eigenvalue weighted by molar-refractivity contribution is 6.67. The van der Waals surface area contributed by atoms with E-state index in [1.165, 1.54) is 0 Å². The predicted octanol–water partition coefficient (Wildman–Crippen LogP) is 5.17. The quantitative estimate of drug-likeness (QED) is 0.406. The molecule has 0 spiro atoms. The van der Waals surface area contributed by atoms with Crippen LogP contribution < -0.4 is 5.32 Å². The number of nitrogens with one attached hydrogen (secondary N) is 1. The maximum absolute atomic E-state index is 11.7. The van der Waals surface area contributed by atoms with Gasteiger partial charge in [0.05, 0.1) is 6.04 Å². The van der Waals surface area contributed by atoms with Gasteiger partial charge in [0, 0.05) is 17.2 Å². The lowest BCUT2D eigenvalue weighted by atomic mass is 9.90. The predicted molar refractivity (Wildman–Crippen MR) is 120 cm³/mol. The number of allylic oxidation sites excluding steroid dienone is 1. The lowest BCUT2D eigenvalue weighted by Gasteiger charge is -2.31. The Labute approximate surface area is 174 Å². The van der Waals surface area contributed by atoms with Crippen molar-refractivity contribution in [2.75, 3.05) is 14.1 Å². The van der Waals surface area contributed by atoms with Crippen LogP contribution in [-0.2, 0) is 0 Å². The number of rotatable bonds is 6. The molecule has 0 aliphatic heterocycles. The van der Waals surface area contributed by atoms with Crippen molar-refractivity contribution < 1.29 is 4.79 Å². The summed E-state index contributed by atoms with van der Waals surface area (Å²) in [7, 11) is 4.29. The van der Waals surface area contributed by atoms with Crippen LogP contribution in [-0.4, -0.2) is 42.2 Å². The summed E-state index contributed by atoms with van der Waals surface area (Å²) in [5.41, 5.74) is 4.67. The number of nitrogens with zero attached hydrogens (tertiary/aromatic N) is 2. The van der Waals surface area contributed by atoms with Gasteiger partial charge in [-0.15, -0.1) is 0 Å². The van der Waals surface area contributed by atoms with E-state index in [0.29, 0.717) is 11.6 Å². The molecule has 152 valence electrons. The molecule has 1 aliphatic rings. The molecule has 1 aromatic carbocycles. The number of halogens is 1. The SMILES string of the molecule is C=CNC(=NC1CCC(N(C)C)CC1)C(=C(C)C)c1cc(C(=O)Cl)ccc1C. The van der Waals surface area contributed by atoms with Gasteiger partial charge in [0.25, 0.3) is 5.24 Å². The third-order valence-corrected chi connectivity index (χ3v) is 5.64. The summed E-state index contributed by atoms with van der Waals surface area (Å²) in [6, 6.07) is 6.47. The molecular weight excluding hydrogens is 370 g/mol. The number of hydrogen-bond acceptors (Lipinski definition) is 3. The van der Waals surface area contributed by atoms with Crippen LogP contribution in [0.5, 0.6) is 0 Å². The maximum atomic E-state index is 11.7. The topological polar surface area (TPSA) is 44.7 Å². The lowest BCUT2D eigenvalue weighted by Crippen LogP contribution is -2.34. The van der Waals surface area contributed by atoms with Crippen molar-refractivity contribution in [2.24, 2.45) is 4.99 Å². The summed E-state index contributed by atoms with van der Waals surface area (Å²) >= 11 is 5.73. The molecule has 0 heterocycles. The number of amidine groups is 1. The van der Waals surface area contributed by atoms with Crippen molar-refractivity contribution in [3.05, 3.63) is 53.2 Å². The molecule has 28 heavy (non-hydrogen) atoms. The van der Waals surface area contributed by atoms with Crippen LogP contribution in [0.15, 0.2) is 41.5 Å². The van der Waals surface area contributed by atoms with Crippen molar-refractivity contribution in [3.63, 3.8) is 0 Å². The highest BCUT2D eigenvalue weighted by atomic mass is 35.5. The summed E-state index contributed by atoms with van der Waals surface area (Å²) in [5, 5.41) is 2.80. The Bertz CT molecular complexity index is 783. The van der Waals surface area contributed by atoms with E-state index in [0.717, 1.165) is 53.8 Å². The second-order valence-corrected chi connectivity index (χ2v) is 8.27. The normalized spacial score (nSPS) is 20.0. The first-order valence-corrected chi connectivity index (χ1v) is 10.2. The average Bonchev–Trinajstić information content (AvgIpc) is 2.63. The second-order valence-electron chi connectivity index (χ2n) is 7.93. The van der Waals surface area contributed by atoms with E-state index in [2.05, 4.69) is 44.7 Å². The number of benzene rings is 1. The van der Waals surface area contributed by atoms with Crippen molar-refractivity contribution in [1.29, 1.82) is 0 Å². The average molecular weight is 402 g/mol. The minimum absolute atomic E-state index is 0.283. The fourth-order valence-corrected chi connectivity index (χ4v) is 3.92. The minimum Gasteiger partial charge on any atom is -0.347 e. The van der Waals surface area contributed by atoms with E-state index in [9.17, 15) is 4.79 Å². The molecule has 5 heteroatoms. The van der Waals surface area contributed by atoms with E-state index in [-0.39, 0.29) is 6.04 Å². The molecule has 4 nitrogen and oxygen atoms in total. The smallest absolute Gasteiger partial charge is 0.252 e. The zero-order valence-corrected chi connectivity index (χ0v) is 18.4. The van der Waals surface area contributed by atoms with Crippen LogP contribution in [0.2, 0.25) is 0 Å². The van der Waals surface area contributed by atoms with Crippen molar-refractivity contribution in [3.8, 4) is 0 Å². The monoisotopic (exact) mass is 401 g/mol. The maximum Gasteiger partial charge on any atom is 0.252 e. The van der Waals surface area contributed by atoms with Crippen LogP contribution in [0.1, 0.15) is 61.0 Å². The molecule has 1 aliphatic carbocycles. The van der Waals surface area contributed by atoms with Gasteiger partial charge < -0.3 is 10.2 Å². The molecule has 1 saturated carbocycles. The Morgan fingerprint density at radius 2 is 1.89 bits per heavy atom. The van der Waals surface area contributed by atoms with Crippen LogP contribution in [0.25, 0.3) is 5.57 Å². The van der Waals surface area contributed by atoms with E-state index in [4.69, 9.17) is 16.6 Å². The fraction of sp³-hybridized carbons (Fsp3) is 0.478. The standard InChI is InChI=1S/C23H32ClN3O/c1-7-25-23(26-18-10-12-19(13-11-18)27(5)6)21(15(2)3)20-14-17(22(24)28)9-8-16(20)4/h7-9,14,18-19H,1,10-13H2,2-6H3,(H,25,26).